The lowest BCUT2D eigenvalue weighted by Crippen LogP contribution is -2.46. The van der Waals surface area contributed by atoms with Crippen molar-refractivity contribution in [3.8, 4) is 11.5 Å². The molecule has 0 saturated heterocycles. The summed E-state index contributed by atoms with van der Waals surface area (Å²) in [5.74, 6) is -8.98. The topological polar surface area (TPSA) is 35.5 Å². The zero-order chi connectivity index (χ0) is 16.3. The van der Waals surface area contributed by atoms with Crippen molar-refractivity contribution in [1.82, 2.24) is 0 Å². The molecule has 116 valence electrons. The van der Waals surface area contributed by atoms with E-state index in [-0.39, 0.29) is 5.75 Å². The van der Waals surface area contributed by atoms with Gasteiger partial charge in [0, 0.05) is 0 Å². The van der Waals surface area contributed by atoms with Crippen LogP contribution in [0, 0.1) is 0 Å². The molecule has 8 heteroatoms. The highest BCUT2D eigenvalue weighted by molar-refractivity contribution is 5.81. The van der Waals surface area contributed by atoms with Crippen LogP contribution in [0.4, 0.5) is 22.0 Å². The first-order valence-corrected chi connectivity index (χ1v) is 5.58. The molecule has 1 aromatic rings. The van der Waals surface area contributed by atoms with Crippen molar-refractivity contribution in [2.75, 3.05) is 7.11 Å². The minimum atomic E-state index is -6.03. The van der Waals surface area contributed by atoms with Crippen LogP contribution in [0.5, 0.6) is 11.5 Å². The van der Waals surface area contributed by atoms with E-state index < -0.39 is 23.8 Å². The highest BCUT2D eigenvalue weighted by Crippen LogP contribution is 2.38. The molecule has 0 N–H and O–H groups in total. The number of rotatable bonds is 5. The van der Waals surface area contributed by atoms with Crippen molar-refractivity contribution >= 4 is 5.97 Å². The van der Waals surface area contributed by atoms with Gasteiger partial charge < -0.3 is 9.47 Å². The smallest absolute Gasteiger partial charge is 0.465 e. The Morgan fingerprint density at radius 3 is 2.33 bits per heavy atom. The number of benzene rings is 1. The van der Waals surface area contributed by atoms with E-state index in [2.05, 4.69) is 11.3 Å². The van der Waals surface area contributed by atoms with E-state index >= 15 is 0 Å². The molecule has 0 unspecified atom stereocenters. The second-order valence-electron chi connectivity index (χ2n) is 3.94. The van der Waals surface area contributed by atoms with Crippen LogP contribution in [-0.4, -0.2) is 25.2 Å². The number of allylic oxidation sites excluding steroid dienone is 1. The van der Waals surface area contributed by atoms with Crippen LogP contribution < -0.4 is 9.47 Å². The standard InChI is InChI=1S/C13H11F5O3/c1-3-4-8-5-6-9(10(7-8)20-2)21-11(19)12(14,15)13(16,17)18/h3,5-7H,1,4H2,2H3. The third-order valence-electron chi connectivity index (χ3n) is 2.42. The number of halogens is 5. The van der Waals surface area contributed by atoms with E-state index in [9.17, 15) is 26.7 Å². The molecular weight excluding hydrogens is 299 g/mol. The minimum absolute atomic E-state index is 0.138. The Balaban J connectivity index is 3.03. The summed E-state index contributed by atoms with van der Waals surface area (Å²) in [6.45, 7) is 3.49. The van der Waals surface area contributed by atoms with E-state index in [1.165, 1.54) is 12.1 Å². The zero-order valence-electron chi connectivity index (χ0n) is 10.8. The number of carbonyl (C=O) groups is 1. The van der Waals surface area contributed by atoms with Gasteiger partial charge in [0.15, 0.2) is 11.5 Å². The van der Waals surface area contributed by atoms with Crippen molar-refractivity contribution in [3.63, 3.8) is 0 Å². The van der Waals surface area contributed by atoms with Gasteiger partial charge in [0.05, 0.1) is 7.11 Å². The number of hydrogen-bond acceptors (Lipinski definition) is 3. The van der Waals surface area contributed by atoms with E-state index in [4.69, 9.17) is 4.74 Å². The molecule has 0 radical (unpaired) electrons. The summed E-state index contributed by atoms with van der Waals surface area (Å²) < 4.78 is 70.6. The average molecular weight is 310 g/mol. The first-order valence-electron chi connectivity index (χ1n) is 5.58. The monoisotopic (exact) mass is 310 g/mol. The molecule has 21 heavy (non-hydrogen) atoms. The summed E-state index contributed by atoms with van der Waals surface area (Å²) in [5, 5.41) is 0. The Labute approximate surface area is 117 Å². The fraction of sp³-hybridized carbons (Fsp3) is 0.308. The molecule has 0 aliphatic heterocycles. The Hall–Kier alpha value is -2.12. The number of ether oxygens (including phenoxy) is 2. The lowest BCUT2D eigenvalue weighted by Gasteiger charge is -2.18. The predicted octanol–water partition coefficient (Wildman–Crippen LogP) is 3.53. The Bertz CT molecular complexity index is 537. The Morgan fingerprint density at radius 1 is 1.24 bits per heavy atom. The van der Waals surface area contributed by atoms with Gasteiger partial charge in [0.2, 0.25) is 0 Å². The molecule has 0 aliphatic carbocycles. The summed E-state index contributed by atoms with van der Waals surface area (Å²) in [4.78, 5) is 11.0. The Morgan fingerprint density at radius 2 is 1.86 bits per heavy atom. The molecule has 0 aliphatic rings. The van der Waals surface area contributed by atoms with Gasteiger partial charge in [0.25, 0.3) is 0 Å². The predicted molar refractivity (Wildman–Crippen MR) is 63.5 cm³/mol. The third-order valence-corrected chi connectivity index (χ3v) is 2.42. The van der Waals surface area contributed by atoms with Crippen LogP contribution in [0.25, 0.3) is 0 Å². The van der Waals surface area contributed by atoms with Crippen LogP contribution in [0.1, 0.15) is 5.56 Å². The van der Waals surface area contributed by atoms with Crippen molar-refractivity contribution in [2.45, 2.75) is 18.5 Å². The van der Waals surface area contributed by atoms with Crippen LogP contribution in [0.15, 0.2) is 30.9 Å². The second kappa shape index (κ2) is 6.11. The zero-order valence-corrected chi connectivity index (χ0v) is 10.8. The van der Waals surface area contributed by atoms with Gasteiger partial charge in [-0.05, 0) is 24.1 Å². The number of alkyl halides is 5. The Kier molecular flexibility index (Phi) is 4.93. The van der Waals surface area contributed by atoms with Crippen LogP contribution >= 0.6 is 0 Å². The molecule has 0 atom stereocenters. The number of esters is 1. The fourth-order valence-electron chi connectivity index (χ4n) is 1.37. The minimum Gasteiger partial charge on any atom is -0.493 e. The van der Waals surface area contributed by atoms with E-state index in [1.54, 1.807) is 6.08 Å². The number of hydrogen-bond donors (Lipinski definition) is 0. The molecule has 0 amide bonds. The molecule has 0 bridgehead atoms. The first-order chi connectivity index (χ1) is 9.63. The second-order valence-corrected chi connectivity index (χ2v) is 3.94. The van der Waals surface area contributed by atoms with Crippen molar-refractivity contribution in [3.05, 3.63) is 36.4 Å². The highest BCUT2D eigenvalue weighted by Gasteiger charge is 2.65. The molecule has 0 saturated carbocycles. The van der Waals surface area contributed by atoms with Crippen LogP contribution in [0.3, 0.4) is 0 Å². The maximum Gasteiger partial charge on any atom is 0.465 e. The van der Waals surface area contributed by atoms with Gasteiger partial charge >= 0.3 is 18.1 Å². The maximum atomic E-state index is 12.8. The molecule has 1 aromatic carbocycles. The van der Waals surface area contributed by atoms with E-state index in [0.29, 0.717) is 12.0 Å². The van der Waals surface area contributed by atoms with Crippen molar-refractivity contribution in [1.29, 1.82) is 0 Å². The molecule has 0 fully saturated rings. The lowest BCUT2D eigenvalue weighted by atomic mass is 10.1. The molecular formula is C13H11F5O3. The summed E-state index contributed by atoms with van der Waals surface area (Å²) in [6, 6.07) is 3.80. The quantitative estimate of drug-likeness (QED) is 0.361. The first kappa shape index (κ1) is 16.9. The normalized spacial score (nSPS) is 11.9. The van der Waals surface area contributed by atoms with Crippen LogP contribution in [0.2, 0.25) is 0 Å². The van der Waals surface area contributed by atoms with Gasteiger partial charge in [-0.3, -0.25) is 0 Å². The van der Waals surface area contributed by atoms with Gasteiger partial charge in [-0.1, -0.05) is 12.1 Å². The fourth-order valence-corrected chi connectivity index (χ4v) is 1.37. The van der Waals surface area contributed by atoms with Gasteiger partial charge in [-0.2, -0.15) is 22.0 Å². The largest absolute Gasteiger partial charge is 0.493 e. The summed E-state index contributed by atoms with van der Waals surface area (Å²) >= 11 is 0. The summed E-state index contributed by atoms with van der Waals surface area (Å²) in [5.41, 5.74) is 0.657. The molecule has 1 rings (SSSR count). The molecule has 0 heterocycles. The van der Waals surface area contributed by atoms with Gasteiger partial charge in [-0.25, -0.2) is 4.79 Å². The van der Waals surface area contributed by atoms with Crippen molar-refractivity contribution in [2.24, 2.45) is 0 Å². The maximum absolute atomic E-state index is 12.8. The van der Waals surface area contributed by atoms with Crippen molar-refractivity contribution < 1.29 is 36.2 Å². The summed E-state index contributed by atoms with van der Waals surface area (Å²) in [6.07, 6.45) is -4.05. The third kappa shape index (κ3) is 3.71. The molecule has 0 aromatic heterocycles. The highest BCUT2D eigenvalue weighted by atomic mass is 19.4. The SMILES string of the molecule is C=CCc1ccc(OC(=O)C(F)(F)C(F)(F)F)c(OC)c1. The number of carbonyl (C=O) groups excluding carboxylic acids is 1. The molecule has 0 spiro atoms. The van der Waals surface area contributed by atoms with E-state index in [0.717, 1.165) is 13.2 Å². The lowest BCUT2D eigenvalue weighted by molar-refractivity contribution is -0.276. The average Bonchev–Trinajstić information content (AvgIpc) is 2.39. The number of methoxy groups -OCH3 is 1. The summed E-state index contributed by atoms with van der Waals surface area (Å²) in [7, 11) is 1.16. The van der Waals surface area contributed by atoms with Gasteiger partial charge in [-0.15, -0.1) is 6.58 Å². The van der Waals surface area contributed by atoms with Gasteiger partial charge in [0.1, 0.15) is 0 Å². The van der Waals surface area contributed by atoms with Crippen LogP contribution in [-0.2, 0) is 11.2 Å². The van der Waals surface area contributed by atoms with E-state index in [1.807, 2.05) is 0 Å². The molecule has 3 nitrogen and oxygen atoms in total.